The number of amides is 1. The second-order valence-electron chi connectivity index (χ2n) is 5.42. The number of nitrogens with two attached hydrogens (primary N) is 1. The van der Waals surface area contributed by atoms with Gasteiger partial charge in [0.2, 0.25) is 5.91 Å². The Kier molecular flexibility index (Phi) is 4.37. The van der Waals surface area contributed by atoms with Crippen LogP contribution in [0.5, 0.6) is 0 Å². The van der Waals surface area contributed by atoms with Gasteiger partial charge in [0.15, 0.2) is 0 Å². The molecule has 5 heteroatoms. The molecule has 1 aliphatic heterocycles. The summed E-state index contributed by atoms with van der Waals surface area (Å²) >= 11 is 0. The summed E-state index contributed by atoms with van der Waals surface area (Å²) in [5, 5.41) is 9.44. The van der Waals surface area contributed by atoms with Gasteiger partial charge in [-0.15, -0.1) is 0 Å². The summed E-state index contributed by atoms with van der Waals surface area (Å²) in [6.07, 6.45) is 3.05. The first-order chi connectivity index (χ1) is 8.31. The molecule has 5 nitrogen and oxygen atoms in total. The van der Waals surface area contributed by atoms with Crippen molar-refractivity contribution in [3.05, 3.63) is 0 Å². The summed E-state index contributed by atoms with van der Waals surface area (Å²) in [5.41, 5.74) is 4.03. The number of likely N-dealkylation sites (tertiary alicyclic amines) is 1. The van der Waals surface area contributed by atoms with Crippen LogP contribution < -0.4 is 5.73 Å². The number of hydrogen-bond acceptors (Lipinski definition) is 3. The number of carbonyl (C=O) groups is 2. The van der Waals surface area contributed by atoms with E-state index in [9.17, 15) is 14.7 Å². The van der Waals surface area contributed by atoms with Gasteiger partial charge in [-0.3, -0.25) is 4.79 Å². The predicted octanol–water partition coefficient (Wildman–Crippen LogP) is 1.36. The molecule has 18 heavy (non-hydrogen) atoms. The average molecular weight is 256 g/mol. The second kappa shape index (κ2) is 5.26. The van der Waals surface area contributed by atoms with Crippen molar-refractivity contribution in [1.29, 1.82) is 0 Å². The van der Waals surface area contributed by atoms with E-state index >= 15 is 0 Å². The fourth-order valence-electron chi connectivity index (χ4n) is 2.85. The second-order valence-corrected chi connectivity index (χ2v) is 5.42. The van der Waals surface area contributed by atoms with Crippen LogP contribution in [-0.4, -0.2) is 39.5 Å². The van der Waals surface area contributed by atoms with Gasteiger partial charge in [-0.2, -0.15) is 0 Å². The third-order valence-electron chi connectivity index (χ3n) is 3.97. The molecule has 1 rings (SSSR count). The molecule has 3 N–H and O–H groups in total. The number of hydrogen-bond donors (Lipinski definition) is 2. The van der Waals surface area contributed by atoms with Crippen LogP contribution in [0.2, 0.25) is 0 Å². The minimum Gasteiger partial charge on any atom is -0.479 e. The fourth-order valence-corrected chi connectivity index (χ4v) is 2.85. The minimum atomic E-state index is -1.05. The molecule has 0 radical (unpaired) electrons. The Hall–Kier alpha value is -1.10. The normalized spacial score (nSPS) is 27.0. The lowest BCUT2D eigenvalue weighted by molar-refractivity contribution is -0.159. The summed E-state index contributed by atoms with van der Waals surface area (Å²) in [6, 6.07) is 0. The molecule has 1 fully saturated rings. The molecule has 2 unspecified atom stereocenters. The van der Waals surface area contributed by atoms with Gasteiger partial charge in [0.25, 0.3) is 0 Å². The van der Waals surface area contributed by atoms with Crippen molar-refractivity contribution in [2.75, 3.05) is 6.54 Å². The summed E-state index contributed by atoms with van der Waals surface area (Å²) in [4.78, 5) is 25.5. The van der Waals surface area contributed by atoms with Gasteiger partial charge in [-0.05, 0) is 32.6 Å². The third kappa shape index (κ3) is 2.36. The van der Waals surface area contributed by atoms with Crippen molar-refractivity contribution in [2.45, 2.75) is 64.0 Å². The van der Waals surface area contributed by atoms with Crippen LogP contribution in [0.25, 0.3) is 0 Å². The lowest BCUT2D eigenvalue weighted by Gasteiger charge is -2.38. The van der Waals surface area contributed by atoms with Gasteiger partial charge in [-0.1, -0.05) is 20.3 Å². The summed E-state index contributed by atoms with van der Waals surface area (Å²) in [5.74, 6) is -1.14. The van der Waals surface area contributed by atoms with E-state index in [1.807, 2.05) is 13.8 Å². The Morgan fingerprint density at radius 3 is 2.50 bits per heavy atom. The number of nitrogens with zero attached hydrogens (tertiary/aromatic N) is 1. The van der Waals surface area contributed by atoms with Crippen LogP contribution in [0, 0.1) is 0 Å². The highest BCUT2D eigenvalue weighted by atomic mass is 16.4. The van der Waals surface area contributed by atoms with Gasteiger partial charge in [0, 0.05) is 6.54 Å². The molecular weight excluding hydrogens is 232 g/mol. The van der Waals surface area contributed by atoms with Crippen molar-refractivity contribution in [3.8, 4) is 0 Å². The van der Waals surface area contributed by atoms with Crippen LogP contribution in [0.4, 0.5) is 0 Å². The van der Waals surface area contributed by atoms with Crippen molar-refractivity contribution in [2.24, 2.45) is 5.73 Å². The summed E-state index contributed by atoms with van der Waals surface area (Å²) < 4.78 is 0. The number of aliphatic carboxylic acids is 1. The number of carboxylic acids is 1. The van der Waals surface area contributed by atoms with Gasteiger partial charge >= 0.3 is 5.97 Å². The smallest absolute Gasteiger partial charge is 0.329 e. The van der Waals surface area contributed by atoms with E-state index < -0.39 is 17.0 Å². The molecule has 0 aromatic carbocycles. The first-order valence-corrected chi connectivity index (χ1v) is 6.66. The zero-order valence-electron chi connectivity index (χ0n) is 11.5. The van der Waals surface area contributed by atoms with E-state index in [4.69, 9.17) is 5.73 Å². The van der Waals surface area contributed by atoms with E-state index in [2.05, 4.69) is 0 Å². The van der Waals surface area contributed by atoms with Crippen molar-refractivity contribution >= 4 is 11.9 Å². The van der Waals surface area contributed by atoms with Crippen LogP contribution in [0.15, 0.2) is 0 Å². The SMILES string of the molecule is CCCC(C)(N)C(=O)N1CCCC1(CC)C(=O)O. The fraction of sp³-hybridized carbons (Fsp3) is 0.846. The summed E-state index contributed by atoms with van der Waals surface area (Å²) in [7, 11) is 0. The van der Waals surface area contributed by atoms with E-state index in [1.54, 1.807) is 6.92 Å². The third-order valence-corrected chi connectivity index (χ3v) is 3.97. The topological polar surface area (TPSA) is 83.6 Å². The molecule has 0 aromatic heterocycles. The minimum absolute atomic E-state index is 0.230. The molecule has 2 atom stereocenters. The molecule has 0 saturated carbocycles. The Labute approximate surface area is 108 Å². The average Bonchev–Trinajstić information content (AvgIpc) is 2.72. The maximum atomic E-state index is 12.5. The number of carboxylic acid groups (broad SMARTS) is 1. The summed E-state index contributed by atoms with van der Waals surface area (Å²) in [6.45, 7) is 5.97. The predicted molar refractivity (Wildman–Crippen MR) is 69.1 cm³/mol. The highest BCUT2D eigenvalue weighted by Crippen LogP contribution is 2.34. The maximum absolute atomic E-state index is 12.5. The van der Waals surface area contributed by atoms with Crippen molar-refractivity contribution in [1.82, 2.24) is 4.90 Å². The van der Waals surface area contributed by atoms with E-state index in [0.717, 1.165) is 12.8 Å². The van der Waals surface area contributed by atoms with Crippen molar-refractivity contribution < 1.29 is 14.7 Å². The molecular formula is C13H24N2O3. The molecule has 1 saturated heterocycles. The van der Waals surface area contributed by atoms with Gasteiger partial charge < -0.3 is 15.7 Å². The van der Waals surface area contributed by atoms with Gasteiger partial charge in [-0.25, -0.2) is 4.79 Å². The highest BCUT2D eigenvalue weighted by molar-refractivity contribution is 5.92. The zero-order valence-corrected chi connectivity index (χ0v) is 11.5. The van der Waals surface area contributed by atoms with Crippen LogP contribution in [-0.2, 0) is 9.59 Å². The van der Waals surface area contributed by atoms with Crippen LogP contribution >= 0.6 is 0 Å². The molecule has 104 valence electrons. The Morgan fingerprint density at radius 1 is 1.44 bits per heavy atom. The quantitative estimate of drug-likeness (QED) is 0.778. The standard InChI is InChI=1S/C13H24N2O3/c1-4-7-12(3,14)10(16)15-9-6-8-13(15,5-2)11(17)18/h4-9,14H2,1-3H3,(H,17,18). The van der Waals surface area contributed by atoms with Gasteiger partial charge in [0.1, 0.15) is 5.54 Å². The largest absolute Gasteiger partial charge is 0.479 e. The number of rotatable bonds is 5. The molecule has 1 heterocycles. The zero-order chi connectivity index (χ0) is 14.0. The van der Waals surface area contributed by atoms with E-state index in [0.29, 0.717) is 25.8 Å². The Bertz CT molecular complexity index is 341. The Morgan fingerprint density at radius 2 is 2.06 bits per heavy atom. The Balaban J connectivity index is 3.01. The van der Waals surface area contributed by atoms with E-state index in [1.165, 1.54) is 4.90 Å². The van der Waals surface area contributed by atoms with E-state index in [-0.39, 0.29) is 5.91 Å². The van der Waals surface area contributed by atoms with Crippen LogP contribution in [0.3, 0.4) is 0 Å². The first-order valence-electron chi connectivity index (χ1n) is 6.66. The van der Waals surface area contributed by atoms with Crippen LogP contribution in [0.1, 0.15) is 52.9 Å². The monoisotopic (exact) mass is 256 g/mol. The molecule has 1 amide bonds. The lowest BCUT2D eigenvalue weighted by atomic mass is 9.89. The molecule has 0 spiro atoms. The first kappa shape index (κ1) is 15.0. The highest BCUT2D eigenvalue weighted by Gasteiger charge is 2.51. The van der Waals surface area contributed by atoms with Gasteiger partial charge in [0.05, 0.1) is 5.54 Å². The molecule has 1 aliphatic rings. The molecule has 0 bridgehead atoms. The number of carbonyl (C=O) groups excluding carboxylic acids is 1. The maximum Gasteiger partial charge on any atom is 0.329 e. The molecule has 0 aliphatic carbocycles. The lowest BCUT2D eigenvalue weighted by Crippen LogP contribution is -2.61. The molecule has 0 aromatic rings. The van der Waals surface area contributed by atoms with Crippen molar-refractivity contribution in [3.63, 3.8) is 0 Å².